The van der Waals surface area contributed by atoms with Crippen LogP contribution >= 0.6 is 11.6 Å². The smallest absolute Gasteiger partial charge is 0.156 e. The summed E-state index contributed by atoms with van der Waals surface area (Å²) >= 11 is 5.31. The number of rotatable bonds is 2. The van der Waals surface area contributed by atoms with Gasteiger partial charge in [-0.2, -0.15) is 0 Å². The van der Waals surface area contributed by atoms with Gasteiger partial charge in [-0.25, -0.2) is 8.42 Å². The summed E-state index contributed by atoms with van der Waals surface area (Å²) in [6.45, 7) is 5.03. The van der Waals surface area contributed by atoms with E-state index in [2.05, 4.69) is 0 Å². The maximum Gasteiger partial charge on any atom is 0.156 e. The normalized spacial score (nSPS) is 13.6. The Morgan fingerprint density at radius 1 is 1.30 bits per heavy atom. The lowest BCUT2D eigenvalue weighted by Gasteiger charge is -2.17. The minimum absolute atomic E-state index is 0.0675. The zero-order valence-corrected chi connectivity index (χ0v) is 8.09. The Balaban J connectivity index is 4.44. The Hall–Kier alpha value is 0.240. The van der Waals surface area contributed by atoms with Gasteiger partial charge in [-0.3, -0.25) is 0 Å². The van der Waals surface area contributed by atoms with Gasteiger partial charge in [0.25, 0.3) is 0 Å². The fourth-order valence-corrected chi connectivity index (χ4v) is 1.83. The summed E-state index contributed by atoms with van der Waals surface area (Å²) in [4.78, 5) is 0. The second-order valence-corrected chi connectivity index (χ2v) is 6.36. The summed E-state index contributed by atoms with van der Waals surface area (Å²) in [5, 5.41) is 0. The van der Waals surface area contributed by atoms with Crippen molar-refractivity contribution in [1.82, 2.24) is 0 Å². The van der Waals surface area contributed by atoms with Crippen LogP contribution in [-0.4, -0.2) is 24.8 Å². The summed E-state index contributed by atoms with van der Waals surface area (Å²) in [5.74, 6) is 0.248. The maximum atomic E-state index is 11.2. The van der Waals surface area contributed by atoms with Crippen molar-refractivity contribution in [2.45, 2.75) is 25.5 Å². The number of hydrogen-bond donors (Lipinski definition) is 0. The van der Waals surface area contributed by atoms with Crippen LogP contribution in [-0.2, 0) is 9.84 Å². The first-order valence-electron chi connectivity index (χ1n) is 3.09. The van der Waals surface area contributed by atoms with Crippen molar-refractivity contribution in [3.63, 3.8) is 0 Å². The van der Waals surface area contributed by atoms with Crippen molar-refractivity contribution in [1.29, 1.82) is 0 Å². The number of sulfone groups is 1. The lowest BCUT2D eigenvalue weighted by atomic mass is 10.3. The van der Waals surface area contributed by atoms with Gasteiger partial charge in [-0.15, -0.1) is 11.6 Å². The molecule has 0 radical (unpaired) electrons. The third-order valence-electron chi connectivity index (χ3n) is 1.28. The van der Waals surface area contributed by atoms with Crippen molar-refractivity contribution < 1.29 is 8.42 Å². The average molecular weight is 185 g/mol. The van der Waals surface area contributed by atoms with Crippen LogP contribution in [0.25, 0.3) is 0 Å². The van der Waals surface area contributed by atoms with Gasteiger partial charge in [-0.1, -0.05) is 0 Å². The molecule has 0 unspecified atom stereocenters. The van der Waals surface area contributed by atoms with Crippen LogP contribution in [0.1, 0.15) is 20.8 Å². The van der Waals surface area contributed by atoms with Gasteiger partial charge in [0.05, 0.1) is 10.5 Å². The molecule has 0 fully saturated rings. The van der Waals surface area contributed by atoms with Crippen LogP contribution in [0, 0.1) is 0 Å². The van der Waals surface area contributed by atoms with E-state index in [4.69, 9.17) is 11.6 Å². The van der Waals surface area contributed by atoms with E-state index in [-0.39, 0.29) is 11.6 Å². The van der Waals surface area contributed by atoms with E-state index in [0.29, 0.717) is 0 Å². The SMILES string of the molecule is CC(C)(C)S(=O)(=O)CCCl. The number of hydrogen-bond acceptors (Lipinski definition) is 2. The molecule has 0 bridgehead atoms. The molecular formula is C6H13ClO2S. The highest BCUT2D eigenvalue weighted by Crippen LogP contribution is 2.15. The first kappa shape index (κ1) is 10.2. The Labute approximate surface area is 67.5 Å². The zero-order chi connectivity index (χ0) is 8.41. The van der Waals surface area contributed by atoms with Crippen LogP contribution in [0.4, 0.5) is 0 Å². The highest BCUT2D eigenvalue weighted by atomic mass is 35.5. The molecule has 0 aliphatic carbocycles. The molecule has 0 rings (SSSR count). The predicted octanol–water partition coefficient (Wildman–Crippen LogP) is 1.44. The Morgan fingerprint density at radius 3 is 1.80 bits per heavy atom. The maximum absolute atomic E-state index is 11.2. The fourth-order valence-electron chi connectivity index (χ4n) is 0.408. The van der Waals surface area contributed by atoms with Crippen LogP contribution < -0.4 is 0 Å². The molecule has 0 saturated heterocycles. The van der Waals surface area contributed by atoms with Gasteiger partial charge in [0.15, 0.2) is 9.84 Å². The molecule has 62 valence electrons. The van der Waals surface area contributed by atoms with E-state index in [1.165, 1.54) is 0 Å². The molecule has 0 aliphatic heterocycles. The minimum atomic E-state index is -2.98. The molecule has 4 heteroatoms. The van der Waals surface area contributed by atoms with Gasteiger partial charge in [-0.05, 0) is 20.8 Å². The first-order chi connectivity index (χ1) is 4.31. The molecule has 0 N–H and O–H groups in total. The van der Waals surface area contributed by atoms with E-state index in [1.807, 2.05) is 0 Å². The molecule has 0 amide bonds. The Kier molecular flexibility index (Phi) is 3.17. The monoisotopic (exact) mass is 184 g/mol. The van der Waals surface area contributed by atoms with E-state index in [0.717, 1.165) is 0 Å². The van der Waals surface area contributed by atoms with Crippen molar-refractivity contribution in [3.8, 4) is 0 Å². The summed E-state index contributed by atoms with van der Waals surface area (Å²) in [5.41, 5.74) is 0. The molecule has 0 aliphatic rings. The van der Waals surface area contributed by atoms with Crippen molar-refractivity contribution >= 4 is 21.4 Å². The Morgan fingerprint density at radius 2 is 1.70 bits per heavy atom. The predicted molar refractivity (Wildman–Crippen MR) is 44.3 cm³/mol. The summed E-state index contributed by atoms with van der Waals surface area (Å²) in [6, 6.07) is 0. The highest BCUT2D eigenvalue weighted by molar-refractivity contribution is 7.92. The van der Waals surface area contributed by atoms with Crippen molar-refractivity contribution in [2.75, 3.05) is 11.6 Å². The van der Waals surface area contributed by atoms with Crippen LogP contribution in [0.5, 0.6) is 0 Å². The average Bonchev–Trinajstić information content (AvgIpc) is 1.61. The minimum Gasteiger partial charge on any atom is -0.228 e. The number of alkyl halides is 1. The molecular weight excluding hydrogens is 172 g/mol. The largest absolute Gasteiger partial charge is 0.228 e. The van der Waals surface area contributed by atoms with Crippen LogP contribution in [0.15, 0.2) is 0 Å². The topological polar surface area (TPSA) is 34.1 Å². The van der Waals surface area contributed by atoms with Gasteiger partial charge in [0.2, 0.25) is 0 Å². The molecule has 0 aromatic carbocycles. The standard InChI is InChI=1S/C6H13ClO2S/c1-6(2,3)10(8,9)5-4-7/h4-5H2,1-3H3. The molecule has 10 heavy (non-hydrogen) atoms. The van der Waals surface area contributed by atoms with Gasteiger partial charge in [0.1, 0.15) is 0 Å². The summed E-state index contributed by atoms with van der Waals surface area (Å²) in [7, 11) is -2.98. The summed E-state index contributed by atoms with van der Waals surface area (Å²) < 4.78 is 21.7. The van der Waals surface area contributed by atoms with E-state index in [9.17, 15) is 8.42 Å². The quantitative estimate of drug-likeness (QED) is 0.609. The van der Waals surface area contributed by atoms with Gasteiger partial charge in [0, 0.05) is 5.88 Å². The van der Waals surface area contributed by atoms with Crippen molar-refractivity contribution in [3.05, 3.63) is 0 Å². The van der Waals surface area contributed by atoms with E-state index in [1.54, 1.807) is 20.8 Å². The second-order valence-electron chi connectivity index (χ2n) is 3.12. The van der Waals surface area contributed by atoms with E-state index < -0.39 is 14.6 Å². The highest BCUT2D eigenvalue weighted by Gasteiger charge is 2.27. The van der Waals surface area contributed by atoms with Crippen LogP contribution in [0.2, 0.25) is 0 Å². The molecule has 0 aromatic heterocycles. The molecule has 0 heterocycles. The Bertz CT molecular complexity index is 188. The first-order valence-corrected chi connectivity index (χ1v) is 5.28. The fraction of sp³-hybridized carbons (Fsp3) is 1.00. The zero-order valence-electron chi connectivity index (χ0n) is 6.52. The molecule has 0 spiro atoms. The van der Waals surface area contributed by atoms with Gasteiger partial charge < -0.3 is 0 Å². The van der Waals surface area contributed by atoms with Gasteiger partial charge >= 0.3 is 0 Å². The number of halogens is 1. The lowest BCUT2D eigenvalue weighted by Crippen LogP contribution is -2.30. The van der Waals surface area contributed by atoms with Crippen LogP contribution in [0.3, 0.4) is 0 Å². The molecule has 0 saturated carbocycles. The third kappa shape index (κ3) is 2.46. The lowest BCUT2D eigenvalue weighted by molar-refractivity contribution is 0.562. The van der Waals surface area contributed by atoms with E-state index >= 15 is 0 Å². The molecule has 2 nitrogen and oxygen atoms in total. The summed E-state index contributed by atoms with van der Waals surface area (Å²) in [6.07, 6.45) is 0. The third-order valence-corrected chi connectivity index (χ3v) is 4.30. The molecule has 0 aromatic rings. The van der Waals surface area contributed by atoms with Crippen molar-refractivity contribution in [2.24, 2.45) is 0 Å². The second kappa shape index (κ2) is 3.09. The molecule has 0 atom stereocenters.